The van der Waals surface area contributed by atoms with Crippen LogP contribution in [0.3, 0.4) is 0 Å². The third-order valence-electron chi connectivity index (χ3n) is 8.26. The first-order chi connectivity index (χ1) is 18.6. The summed E-state index contributed by atoms with van der Waals surface area (Å²) >= 11 is 0. The summed E-state index contributed by atoms with van der Waals surface area (Å²) in [6.07, 6.45) is 22.1. The van der Waals surface area contributed by atoms with Gasteiger partial charge in [-0.15, -0.1) is 0 Å². The van der Waals surface area contributed by atoms with E-state index in [1.54, 1.807) is 21.3 Å². The van der Waals surface area contributed by atoms with Gasteiger partial charge in [-0.05, 0) is 51.7 Å². The number of nitrogens with zero attached hydrogens (tertiary/aromatic N) is 1. The first kappa shape index (κ1) is 32.5. The van der Waals surface area contributed by atoms with E-state index >= 15 is 0 Å². The van der Waals surface area contributed by atoms with Crippen LogP contribution in [0.4, 0.5) is 0 Å². The van der Waals surface area contributed by atoms with E-state index in [2.05, 4.69) is 11.8 Å². The van der Waals surface area contributed by atoms with Gasteiger partial charge in [0.05, 0.1) is 21.3 Å². The Bertz CT molecular complexity index is 734. The molecule has 218 valence electrons. The molecule has 38 heavy (non-hydrogen) atoms. The van der Waals surface area contributed by atoms with Gasteiger partial charge >= 0.3 is 0 Å². The first-order valence-corrected chi connectivity index (χ1v) is 15.7. The molecule has 1 aromatic rings. The molecule has 0 spiro atoms. The van der Waals surface area contributed by atoms with Gasteiger partial charge < -0.3 is 19.1 Å². The summed E-state index contributed by atoms with van der Waals surface area (Å²) in [4.78, 5) is 16.2. The van der Waals surface area contributed by atoms with Gasteiger partial charge in [-0.3, -0.25) is 4.79 Å². The standard InChI is InChI=1S/C33H57NO4/c1-5-6-7-8-9-10-11-12-13-14-16-20-28(21-19-24-34-22-17-15-18-23-34)31(35)27-30-32(37-3)25-29(36-2)26-33(30)38-4/h25-26,28H,5-24,27H2,1-4H3. The van der Waals surface area contributed by atoms with Crippen molar-refractivity contribution in [2.24, 2.45) is 5.92 Å². The fraction of sp³-hybridized carbons (Fsp3) is 0.788. The third-order valence-corrected chi connectivity index (χ3v) is 8.26. The normalized spacial score (nSPS) is 14.8. The minimum Gasteiger partial charge on any atom is -0.496 e. The number of carbonyl (C=O) groups is 1. The van der Waals surface area contributed by atoms with E-state index in [0.29, 0.717) is 29.5 Å². The number of piperidine rings is 1. The zero-order chi connectivity index (χ0) is 27.4. The minimum absolute atomic E-state index is 0.106. The lowest BCUT2D eigenvalue weighted by Gasteiger charge is -2.27. The number of Topliss-reactive ketones (excluding diaryl/α,β-unsaturated/α-hetero) is 1. The number of hydrogen-bond acceptors (Lipinski definition) is 5. The summed E-state index contributed by atoms with van der Waals surface area (Å²) in [5, 5.41) is 0. The molecule has 1 aliphatic rings. The van der Waals surface area contributed by atoms with Crippen LogP contribution in [-0.2, 0) is 11.2 Å². The number of ether oxygens (including phenoxy) is 3. The van der Waals surface area contributed by atoms with E-state index in [4.69, 9.17) is 14.2 Å². The van der Waals surface area contributed by atoms with E-state index in [0.717, 1.165) is 37.8 Å². The van der Waals surface area contributed by atoms with Crippen molar-refractivity contribution in [1.29, 1.82) is 0 Å². The van der Waals surface area contributed by atoms with Gasteiger partial charge in [0.15, 0.2) is 0 Å². The number of methoxy groups -OCH3 is 3. The quantitative estimate of drug-likeness (QED) is 0.141. The van der Waals surface area contributed by atoms with Crippen LogP contribution in [-0.4, -0.2) is 51.6 Å². The SMILES string of the molecule is CCCCCCCCCCCCCC(CCCN1CCCCC1)C(=O)Cc1c(OC)cc(OC)cc1OC. The van der Waals surface area contributed by atoms with Gasteiger partial charge in [-0.25, -0.2) is 0 Å². The van der Waals surface area contributed by atoms with Crippen LogP contribution >= 0.6 is 0 Å². The van der Waals surface area contributed by atoms with E-state index < -0.39 is 0 Å². The van der Waals surface area contributed by atoms with Crippen LogP contribution in [0.1, 0.15) is 122 Å². The predicted octanol–water partition coefficient (Wildman–Crippen LogP) is 8.41. The summed E-state index contributed by atoms with van der Waals surface area (Å²) in [5.74, 6) is 2.42. The summed E-state index contributed by atoms with van der Waals surface area (Å²) in [6, 6.07) is 3.70. The summed E-state index contributed by atoms with van der Waals surface area (Å²) in [7, 11) is 4.91. The Labute approximate surface area is 234 Å². The Hall–Kier alpha value is -1.75. The minimum atomic E-state index is 0.106. The number of likely N-dealkylation sites (tertiary alicyclic amines) is 1. The first-order valence-electron chi connectivity index (χ1n) is 15.7. The second-order valence-electron chi connectivity index (χ2n) is 11.2. The molecule has 2 rings (SSSR count). The Morgan fingerprint density at radius 2 is 1.26 bits per heavy atom. The number of hydrogen-bond donors (Lipinski definition) is 0. The highest BCUT2D eigenvalue weighted by Crippen LogP contribution is 2.35. The lowest BCUT2D eigenvalue weighted by molar-refractivity contribution is -0.122. The molecule has 0 N–H and O–H groups in total. The molecule has 5 heteroatoms. The zero-order valence-electron chi connectivity index (χ0n) is 25.2. The topological polar surface area (TPSA) is 48.0 Å². The number of rotatable bonds is 22. The second-order valence-corrected chi connectivity index (χ2v) is 11.2. The molecule has 1 saturated heterocycles. The number of benzene rings is 1. The molecule has 0 amide bonds. The van der Waals surface area contributed by atoms with E-state index in [1.165, 1.54) is 96.6 Å². The zero-order valence-corrected chi connectivity index (χ0v) is 25.2. The molecule has 0 aromatic heterocycles. The molecule has 0 radical (unpaired) electrons. The van der Waals surface area contributed by atoms with Crippen LogP contribution < -0.4 is 14.2 Å². The van der Waals surface area contributed by atoms with E-state index in [-0.39, 0.29) is 5.92 Å². The summed E-state index contributed by atoms with van der Waals surface area (Å²) in [6.45, 7) is 5.84. The molecule has 1 heterocycles. The number of ketones is 1. The summed E-state index contributed by atoms with van der Waals surface area (Å²) < 4.78 is 16.6. The average molecular weight is 532 g/mol. The third kappa shape index (κ3) is 12.4. The number of carbonyl (C=O) groups excluding carboxylic acids is 1. The molecule has 1 fully saturated rings. The monoisotopic (exact) mass is 531 g/mol. The highest BCUT2D eigenvalue weighted by molar-refractivity contribution is 5.84. The maximum Gasteiger partial charge on any atom is 0.140 e. The van der Waals surface area contributed by atoms with Crippen molar-refractivity contribution in [3.8, 4) is 17.2 Å². The lowest BCUT2D eigenvalue weighted by Crippen LogP contribution is -2.31. The van der Waals surface area contributed by atoms with Crippen molar-refractivity contribution in [2.75, 3.05) is 41.0 Å². The lowest BCUT2D eigenvalue weighted by atomic mass is 9.88. The number of unbranched alkanes of at least 4 members (excludes halogenated alkanes) is 10. The highest BCUT2D eigenvalue weighted by Gasteiger charge is 2.23. The molecule has 0 bridgehead atoms. The van der Waals surface area contributed by atoms with Crippen LogP contribution in [0.2, 0.25) is 0 Å². The Morgan fingerprint density at radius 1 is 0.737 bits per heavy atom. The van der Waals surface area contributed by atoms with E-state index in [9.17, 15) is 4.79 Å². The van der Waals surface area contributed by atoms with Gasteiger partial charge in [-0.1, -0.05) is 84.0 Å². The maximum absolute atomic E-state index is 13.6. The Balaban J connectivity index is 1.87. The van der Waals surface area contributed by atoms with Gasteiger partial charge in [0.25, 0.3) is 0 Å². The maximum atomic E-state index is 13.6. The van der Waals surface area contributed by atoms with Crippen LogP contribution in [0.15, 0.2) is 12.1 Å². The molecule has 1 atom stereocenters. The van der Waals surface area contributed by atoms with Crippen molar-refractivity contribution in [3.05, 3.63) is 17.7 Å². The average Bonchev–Trinajstić information content (AvgIpc) is 2.95. The van der Waals surface area contributed by atoms with Crippen molar-refractivity contribution in [3.63, 3.8) is 0 Å². The molecule has 1 aromatic carbocycles. The van der Waals surface area contributed by atoms with Gasteiger partial charge in [0, 0.05) is 30.0 Å². The Kier molecular flexibility index (Phi) is 17.3. The molecule has 0 saturated carbocycles. The van der Waals surface area contributed by atoms with Crippen LogP contribution in [0.5, 0.6) is 17.2 Å². The second kappa shape index (κ2) is 20.2. The molecule has 5 nitrogen and oxygen atoms in total. The largest absolute Gasteiger partial charge is 0.496 e. The van der Waals surface area contributed by atoms with Crippen molar-refractivity contribution in [1.82, 2.24) is 4.90 Å². The predicted molar refractivity (Wildman–Crippen MR) is 159 cm³/mol. The molecule has 0 aliphatic carbocycles. The van der Waals surface area contributed by atoms with Crippen molar-refractivity contribution < 1.29 is 19.0 Å². The fourth-order valence-electron chi connectivity index (χ4n) is 5.84. The van der Waals surface area contributed by atoms with E-state index in [1.807, 2.05) is 12.1 Å². The Morgan fingerprint density at radius 3 is 1.79 bits per heavy atom. The molecule has 1 unspecified atom stereocenters. The van der Waals surface area contributed by atoms with Crippen molar-refractivity contribution >= 4 is 5.78 Å². The fourth-order valence-corrected chi connectivity index (χ4v) is 5.84. The smallest absolute Gasteiger partial charge is 0.140 e. The summed E-state index contributed by atoms with van der Waals surface area (Å²) in [5.41, 5.74) is 0.834. The van der Waals surface area contributed by atoms with Gasteiger partial charge in [0.1, 0.15) is 23.0 Å². The van der Waals surface area contributed by atoms with Gasteiger partial charge in [0.2, 0.25) is 0 Å². The molecule has 1 aliphatic heterocycles. The van der Waals surface area contributed by atoms with Crippen LogP contribution in [0.25, 0.3) is 0 Å². The van der Waals surface area contributed by atoms with Gasteiger partial charge in [-0.2, -0.15) is 0 Å². The molecular formula is C33H57NO4. The van der Waals surface area contributed by atoms with Crippen molar-refractivity contribution in [2.45, 2.75) is 122 Å². The van der Waals surface area contributed by atoms with Crippen LogP contribution in [0, 0.1) is 5.92 Å². The molecular weight excluding hydrogens is 474 g/mol. The highest BCUT2D eigenvalue weighted by atomic mass is 16.5.